The molecule has 1 saturated heterocycles. The summed E-state index contributed by atoms with van der Waals surface area (Å²) in [5.41, 5.74) is 0. The lowest BCUT2D eigenvalue weighted by Gasteiger charge is -2.32. The number of hydrogen-bond donors (Lipinski definition) is 1. The lowest BCUT2D eigenvalue weighted by atomic mass is 10.0. The maximum absolute atomic E-state index is 11.6. The zero-order chi connectivity index (χ0) is 14.3. The average Bonchev–Trinajstić information content (AvgIpc) is 2.38. The van der Waals surface area contributed by atoms with Gasteiger partial charge in [-0.1, -0.05) is 6.42 Å². The largest absolute Gasteiger partial charge is 0.468 e. The van der Waals surface area contributed by atoms with Gasteiger partial charge in [0, 0.05) is 0 Å². The van der Waals surface area contributed by atoms with E-state index in [2.05, 4.69) is 10.1 Å². The first-order valence-electron chi connectivity index (χ1n) is 6.37. The summed E-state index contributed by atoms with van der Waals surface area (Å²) in [7, 11) is 1.33. The highest BCUT2D eigenvalue weighted by molar-refractivity contribution is 5.93. The van der Waals surface area contributed by atoms with E-state index < -0.39 is 18.0 Å². The molecule has 0 aromatic rings. The highest BCUT2D eigenvalue weighted by Gasteiger charge is 2.30. The van der Waals surface area contributed by atoms with Crippen molar-refractivity contribution < 1.29 is 23.9 Å². The maximum Gasteiger partial charge on any atom is 0.413 e. The van der Waals surface area contributed by atoms with Gasteiger partial charge in [-0.05, 0) is 26.3 Å². The molecule has 0 bridgehead atoms. The van der Waals surface area contributed by atoms with E-state index in [1.807, 2.05) is 0 Å². The Bertz CT molecular complexity index is 345. The summed E-state index contributed by atoms with van der Waals surface area (Å²) in [5.74, 6) is -0.821. The standard InChI is InChI=1S/C12H20N2O5/c1-3-19-12(17)13-10(15)8-14-7-5-4-6-9(14)11(16)18-2/h9H,3-8H2,1-2H3,(H,13,15,17)/t9-/m1/s1. The Kier molecular flexibility index (Phi) is 6.27. The number of ether oxygens (including phenoxy) is 2. The number of imide groups is 1. The molecular formula is C12H20N2O5. The van der Waals surface area contributed by atoms with Crippen molar-refractivity contribution in [2.75, 3.05) is 26.8 Å². The minimum atomic E-state index is -0.765. The van der Waals surface area contributed by atoms with Gasteiger partial charge >= 0.3 is 12.1 Å². The van der Waals surface area contributed by atoms with E-state index in [1.54, 1.807) is 11.8 Å². The van der Waals surface area contributed by atoms with E-state index >= 15 is 0 Å². The average molecular weight is 272 g/mol. The van der Waals surface area contributed by atoms with Crippen LogP contribution >= 0.6 is 0 Å². The molecule has 19 heavy (non-hydrogen) atoms. The number of rotatable bonds is 4. The van der Waals surface area contributed by atoms with Crippen LogP contribution in [0.3, 0.4) is 0 Å². The Labute approximate surface area is 112 Å². The Morgan fingerprint density at radius 1 is 1.32 bits per heavy atom. The molecule has 108 valence electrons. The second-order valence-corrected chi connectivity index (χ2v) is 4.27. The number of likely N-dealkylation sites (tertiary alicyclic amines) is 1. The number of piperidine rings is 1. The van der Waals surface area contributed by atoms with Crippen molar-refractivity contribution in [3.05, 3.63) is 0 Å². The first kappa shape index (κ1) is 15.4. The number of carbonyl (C=O) groups is 3. The van der Waals surface area contributed by atoms with E-state index in [0.29, 0.717) is 13.0 Å². The molecule has 0 aliphatic carbocycles. The van der Waals surface area contributed by atoms with Crippen LogP contribution in [0.1, 0.15) is 26.2 Å². The molecule has 0 radical (unpaired) electrons. The van der Waals surface area contributed by atoms with Gasteiger partial charge in [-0.2, -0.15) is 0 Å². The van der Waals surface area contributed by atoms with E-state index in [1.165, 1.54) is 7.11 Å². The maximum atomic E-state index is 11.6. The lowest BCUT2D eigenvalue weighted by Crippen LogP contribution is -2.50. The number of nitrogens with zero attached hydrogens (tertiary/aromatic N) is 1. The molecule has 0 aromatic heterocycles. The van der Waals surface area contributed by atoms with Crippen LogP contribution in [0.2, 0.25) is 0 Å². The molecule has 0 saturated carbocycles. The molecule has 1 aliphatic heterocycles. The molecule has 7 heteroatoms. The third-order valence-corrected chi connectivity index (χ3v) is 2.95. The zero-order valence-corrected chi connectivity index (χ0v) is 11.3. The second-order valence-electron chi connectivity index (χ2n) is 4.27. The SMILES string of the molecule is CCOC(=O)NC(=O)CN1CCCC[C@@H]1C(=O)OC. The van der Waals surface area contributed by atoms with Crippen LogP contribution in [0.4, 0.5) is 4.79 Å². The van der Waals surface area contributed by atoms with Gasteiger partial charge in [0.15, 0.2) is 0 Å². The molecular weight excluding hydrogens is 252 g/mol. The number of nitrogens with one attached hydrogen (secondary N) is 1. The fraction of sp³-hybridized carbons (Fsp3) is 0.750. The normalized spacial score (nSPS) is 19.6. The minimum Gasteiger partial charge on any atom is -0.468 e. The summed E-state index contributed by atoms with van der Waals surface area (Å²) < 4.78 is 9.33. The summed E-state index contributed by atoms with van der Waals surface area (Å²) in [6.07, 6.45) is 1.74. The Morgan fingerprint density at radius 2 is 2.05 bits per heavy atom. The van der Waals surface area contributed by atoms with E-state index in [9.17, 15) is 14.4 Å². The van der Waals surface area contributed by atoms with E-state index in [0.717, 1.165) is 12.8 Å². The molecule has 1 fully saturated rings. The van der Waals surface area contributed by atoms with Crippen molar-refractivity contribution in [1.82, 2.24) is 10.2 Å². The molecule has 0 aromatic carbocycles. The minimum absolute atomic E-state index is 0.0153. The molecule has 1 rings (SSSR count). The molecule has 1 atom stereocenters. The van der Waals surface area contributed by atoms with Crippen molar-refractivity contribution in [2.24, 2.45) is 0 Å². The number of hydrogen-bond acceptors (Lipinski definition) is 6. The molecule has 1 heterocycles. The second kappa shape index (κ2) is 7.73. The predicted octanol–water partition coefficient (Wildman–Crippen LogP) is 0.287. The van der Waals surface area contributed by atoms with Gasteiger partial charge < -0.3 is 9.47 Å². The number of alkyl carbamates (subject to hydrolysis) is 1. The van der Waals surface area contributed by atoms with Crippen LogP contribution in [0, 0.1) is 0 Å². The number of methoxy groups -OCH3 is 1. The summed E-state index contributed by atoms with van der Waals surface area (Å²) >= 11 is 0. The van der Waals surface area contributed by atoms with Gasteiger partial charge in [0.05, 0.1) is 20.3 Å². The smallest absolute Gasteiger partial charge is 0.413 e. The van der Waals surface area contributed by atoms with E-state index in [4.69, 9.17) is 4.74 Å². The molecule has 1 aliphatic rings. The zero-order valence-electron chi connectivity index (χ0n) is 11.3. The summed E-state index contributed by atoms with van der Waals surface area (Å²) in [5, 5.41) is 2.11. The Hall–Kier alpha value is -1.63. The van der Waals surface area contributed by atoms with Gasteiger partial charge in [-0.15, -0.1) is 0 Å². The number of esters is 1. The highest BCUT2D eigenvalue weighted by atomic mass is 16.5. The van der Waals surface area contributed by atoms with Crippen LogP contribution in [0.5, 0.6) is 0 Å². The predicted molar refractivity (Wildman–Crippen MR) is 66.4 cm³/mol. The lowest BCUT2D eigenvalue weighted by molar-refractivity contribution is -0.148. The molecule has 0 unspecified atom stereocenters. The number of amides is 2. The van der Waals surface area contributed by atoms with Crippen LogP contribution in [0.25, 0.3) is 0 Å². The van der Waals surface area contributed by atoms with Gasteiger partial charge in [-0.25, -0.2) is 4.79 Å². The van der Waals surface area contributed by atoms with Crippen LogP contribution in [0.15, 0.2) is 0 Å². The fourth-order valence-corrected chi connectivity index (χ4v) is 2.09. The van der Waals surface area contributed by atoms with Gasteiger partial charge in [0.25, 0.3) is 0 Å². The molecule has 2 amide bonds. The van der Waals surface area contributed by atoms with Crippen molar-refractivity contribution in [3.63, 3.8) is 0 Å². The first-order valence-corrected chi connectivity index (χ1v) is 6.37. The molecule has 7 nitrogen and oxygen atoms in total. The van der Waals surface area contributed by atoms with Crippen LogP contribution < -0.4 is 5.32 Å². The fourth-order valence-electron chi connectivity index (χ4n) is 2.09. The summed E-state index contributed by atoms with van der Waals surface area (Å²) in [6, 6.07) is -0.410. The molecule has 0 spiro atoms. The summed E-state index contributed by atoms with van der Waals surface area (Å²) in [4.78, 5) is 36.1. The van der Waals surface area contributed by atoms with Gasteiger partial charge in [0.1, 0.15) is 6.04 Å². The van der Waals surface area contributed by atoms with Gasteiger partial charge in [0.2, 0.25) is 5.91 Å². The third kappa shape index (κ3) is 4.86. The van der Waals surface area contributed by atoms with Crippen molar-refractivity contribution in [3.8, 4) is 0 Å². The first-order chi connectivity index (χ1) is 9.08. The van der Waals surface area contributed by atoms with Crippen LogP contribution in [-0.4, -0.2) is 55.7 Å². The molecule has 1 N–H and O–H groups in total. The quantitative estimate of drug-likeness (QED) is 0.740. The van der Waals surface area contributed by atoms with Crippen molar-refractivity contribution in [1.29, 1.82) is 0 Å². The van der Waals surface area contributed by atoms with Crippen molar-refractivity contribution in [2.45, 2.75) is 32.2 Å². The summed E-state index contributed by atoms with van der Waals surface area (Å²) in [6.45, 7) is 2.48. The van der Waals surface area contributed by atoms with Gasteiger partial charge in [-0.3, -0.25) is 19.8 Å². The monoisotopic (exact) mass is 272 g/mol. The highest BCUT2D eigenvalue weighted by Crippen LogP contribution is 2.17. The topological polar surface area (TPSA) is 84.9 Å². The third-order valence-electron chi connectivity index (χ3n) is 2.95. The Balaban J connectivity index is 2.50. The Morgan fingerprint density at radius 3 is 2.68 bits per heavy atom. The number of carbonyl (C=O) groups excluding carboxylic acids is 3. The van der Waals surface area contributed by atoms with Crippen molar-refractivity contribution >= 4 is 18.0 Å². The van der Waals surface area contributed by atoms with E-state index in [-0.39, 0.29) is 19.1 Å². The van der Waals surface area contributed by atoms with Crippen LogP contribution in [-0.2, 0) is 19.1 Å².